The second kappa shape index (κ2) is 5.66. The van der Waals surface area contributed by atoms with Crippen LogP contribution in [-0.4, -0.2) is 5.91 Å². The van der Waals surface area contributed by atoms with E-state index >= 15 is 0 Å². The monoisotopic (exact) mass is 323 g/mol. The van der Waals surface area contributed by atoms with Crippen LogP contribution >= 0.6 is 0 Å². The van der Waals surface area contributed by atoms with E-state index in [1.54, 1.807) is 5.32 Å². The minimum atomic E-state index is -2.24. The summed E-state index contributed by atoms with van der Waals surface area (Å²) in [6.07, 6.45) is 0. The molecule has 2 aromatic carbocycles. The molecule has 1 N–H and O–H groups in total. The molecule has 1 amide bonds. The Bertz CT molecular complexity index is 776. The Morgan fingerprint density at radius 2 is 1.32 bits per heavy atom. The first-order chi connectivity index (χ1) is 10.2. The number of anilines is 1. The number of amides is 1. The van der Waals surface area contributed by atoms with Gasteiger partial charge in [-0.05, 0) is 18.2 Å². The summed E-state index contributed by atoms with van der Waals surface area (Å²) in [5.41, 5.74) is -2.17. The lowest BCUT2D eigenvalue weighted by molar-refractivity contribution is 0.102. The molecule has 116 valence electrons. The molecule has 0 aliphatic carbocycles. The average Bonchev–Trinajstić information content (AvgIpc) is 2.49. The van der Waals surface area contributed by atoms with E-state index in [0.717, 1.165) is 0 Å². The zero-order valence-corrected chi connectivity index (χ0v) is 10.3. The first-order valence-electron chi connectivity index (χ1n) is 5.52. The van der Waals surface area contributed by atoms with E-state index in [2.05, 4.69) is 0 Å². The van der Waals surface area contributed by atoms with Crippen LogP contribution in [0.3, 0.4) is 0 Å². The maximum Gasteiger partial charge on any atom is 0.258 e. The molecule has 0 saturated heterocycles. The second-order valence-electron chi connectivity index (χ2n) is 4.02. The first kappa shape index (κ1) is 15.8. The summed E-state index contributed by atoms with van der Waals surface area (Å²) in [5, 5.41) is 1.59. The van der Waals surface area contributed by atoms with Gasteiger partial charge in [-0.1, -0.05) is 0 Å². The number of hydrogen-bond acceptors (Lipinski definition) is 1. The third-order valence-corrected chi connectivity index (χ3v) is 2.63. The molecular formula is C13H4F7NO. The molecule has 2 rings (SSSR count). The number of carbonyl (C=O) groups excluding carboxylic acids is 1. The standard InChI is InChI=1S/C13H4F7NO/c14-5-1-2-7(11(19)9(5)17)21-13(22)4-3-6(15)10(18)12(20)8(4)16/h1-3H,(H,21,22). The van der Waals surface area contributed by atoms with E-state index in [9.17, 15) is 35.5 Å². The molecule has 0 fully saturated rings. The molecule has 0 saturated carbocycles. The van der Waals surface area contributed by atoms with Gasteiger partial charge >= 0.3 is 0 Å². The highest BCUT2D eigenvalue weighted by Gasteiger charge is 2.24. The average molecular weight is 323 g/mol. The number of nitrogens with one attached hydrogen (secondary N) is 1. The Kier molecular flexibility index (Phi) is 4.07. The van der Waals surface area contributed by atoms with Gasteiger partial charge in [-0.2, -0.15) is 0 Å². The smallest absolute Gasteiger partial charge is 0.258 e. The van der Waals surface area contributed by atoms with Crippen molar-refractivity contribution in [1.82, 2.24) is 0 Å². The summed E-state index contributed by atoms with van der Waals surface area (Å²) in [4.78, 5) is 11.6. The molecule has 0 atom stereocenters. The Labute approximate surface area is 118 Å². The van der Waals surface area contributed by atoms with Crippen molar-refractivity contribution in [2.24, 2.45) is 0 Å². The van der Waals surface area contributed by atoms with Crippen LogP contribution in [0, 0.1) is 40.7 Å². The van der Waals surface area contributed by atoms with Crippen molar-refractivity contribution in [3.63, 3.8) is 0 Å². The summed E-state index contributed by atoms with van der Waals surface area (Å²) in [6, 6.07) is 1.12. The molecule has 0 aliphatic rings. The van der Waals surface area contributed by atoms with Gasteiger partial charge in [0.05, 0.1) is 11.3 Å². The lowest BCUT2D eigenvalue weighted by atomic mass is 10.1. The van der Waals surface area contributed by atoms with Crippen molar-refractivity contribution in [3.8, 4) is 0 Å². The molecule has 2 nitrogen and oxygen atoms in total. The van der Waals surface area contributed by atoms with E-state index in [1.807, 2.05) is 0 Å². The molecule has 22 heavy (non-hydrogen) atoms. The van der Waals surface area contributed by atoms with Gasteiger partial charge in [-0.3, -0.25) is 4.79 Å². The predicted molar refractivity (Wildman–Crippen MR) is 60.5 cm³/mol. The molecule has 0 bridgehead atoms. The number of hydrogen-bond donors (Lipinski definition) is 1. The third-order valence-electron chi connectivity index (χ3n) is 2.63. The Balaban J connectivity index is 2.41. The quantitative estimate of drug-likeness (QED) is 0.507. The summed E-state index contributed by atoms with van der Waals surface area (Å²) in [6.45, 7) is 0. The van der Waals surface area contributed by atoms with E-state index in [-0.39, 0.29) is 6.07 Å². The fourth-order valence-electron chi connectivity index (χ4n) is 1.55. The highest BCUT2D eigenvalue weighted by atomic mass is 19.2. The van der Waals surface area contributed by atoms with Crippen LogP contribution in [-0.2, 0) is 0 Å². The van der Waals surface area contributed by atoms with E-state index in [4.69, 9.17) is 0 Å². The minimum absolute atomic E-state index is 0.0425. The fraction of sp³-hybridized carbons (Fsp3) is 0. The SMILES string of the molecule is O=C(Nc1ccc(F)c(F)c1F)c1cc(F)c(F)c(F)c1F. The number of halogens is 7. The fourth-order valence-corrected chi connectivity index (χ4v) is 1.55. The van der Waals surface area contributed by atoms with Crippen molar-refractivity contribution < 1.29 is 35.5 Å². The number of carbonyl (C=O) groups is 1. The summed E-state index contributed by atoms with van der Waals surface area (Å²) in [5.74, 6) is -15.1. The molecule has 2 aromatic rings. The van der Waals surface area contributed by atoms with Gasteiger partial charge in [-0.15, -0.1) is 0 Å². The topological polar surface area (TPSA) is 29.1 Å². The summed E-state index contributed by atoms with van der Waals surface area (Å²) in [7, 11) is 0. The number of rotatable bonds is 2. The molecule has 0 aliphatic heterocycles. The van der Waals surface area contributed by atoms with Crippen molar-refractivity contribution in [2.75, 3.05) is 5.32 Å². The van der Waals surface area contributed by atoms with Crippen LogP contribution in [0.25, 0.3) is 0 Å². The molecule has 0 aromatic heterocycles. The van der Waals surface area contributed by atoms with Gasteiger partial charge in [0, 0.05) is 0 Å². The van der Waals surface area contributed by atoms with Gasteiger partial charge in [0.25, 0.3) is 5.91 Å². The Morgan fingerprint density at radius 3 is 1.95 bits per heavy atom. The Hall–Kier alpha value is -2.58. The molecule has 0 unspecified atom stereocenters. The lowest BCUT2D eigenvalue weighted by Gasteiger charge is -2.09. The molecule has 0 radical (unpaired) electrons. The zero-order chi connectivity index (χ0) is 16.6. The van der Waals surface area contributed by atoms with E-state index in [1.165, 1.54) is 0 Å². The predicted octanol–water partition coefficient (Wildman–Crippen LogP) is 3.91. The number of benzene rings is 2. The van der Waals surface area contributed by atoms with Crippen LogP contribution in [0.2, 0.25) is 0 Å². The molecule has 0 spiro atoms. The Morgan fingerprint density at radius 1 is 0.727 bits per heavy atom. The van der Waals surface area contributed by atoms with E-state index < -0.39 is 57.9 Å². The second-order valence-corrected chi connectivity index (χ2v) is 4.02. The summed E-state index contributed by atoms with van der Waals surface area (Å²) < 4.78 is 91.1. The normalized spacial score (nSPS) is 10.7. The zero-order valence-electron chi connectivity index (χ0n) is 10.3. The third kappa shape index (κ3) is 2.61. The van der Waals surface area contributed by atoms with Gasteiger partial charge in [0.1, 0.15) is 0 Å². The van der Waals surface area contributed by atoms with Gasteiger partial charge in [0.2, 0.25) is 0 Å². The van der Waals surface area contributed by atoms with Crippen LogP contribution in [0.4, 0.5) is 36.4 Å². The van der Waals surface area contributed by atoms with Gasteiger partial charge < -0.3 is 5.32 Å². The molecule has 0 heterocycles. The maximum absolute atomic E-state index is 13.4. The van der Waals surface area contributed by atoms with Gasteiger partial charge in [-0.25, -0.2) is 30.7 Å². The van der Waals surface area contributed by atoms with Crippen molar-refractivity contribution in [1.29, 1.82) is 0 Å². The van der Waals surface area contributed by atoms with Crippen molar-refractivity contribution in [2.45, 2.75) is 0 Å². The van der Waals surface area contributed by atoms with Crippen LogP contribution in [0.1, 0.15) is 10.4 Å². The van der Waals surface area contributed by atoms with Crippen LogP contribution in [0.15, 0.2) is 18.2 Å². The highest BCUT2D eigenvalue weighted by Crippen LogP contribution is 2.23. The minimum Gasteiger partial charge on any atom is -0.319 e. The first-order valence-corrected chi connectivity index (χ1v) is 5.52. The van der Waals surface area contributed by atoms with E-state index in [0.29, 0.717) is 12.1 Å². The van der Waals surface area contributed by atoms with Crippen LogP contribution < -0.4 is 5.32 Å². The van der Waals surface area contributed by atoms with Crippen LogP contribution in [0.5, 0.6) is 0 Å². The van der Waals surface area contributed by atoms with Crippen molar-refractivity contribution >= 4 is 11.6 Å². The summed E-state index contributed by atoms with van der Waals surface area (Å²) >= 11 is 0. The maximum atomic E-state index is 13.4. The van der Waals surface area contributed by atoms with Crippen molar-refractivity contribution in [3.05, 3.63) is 64.5 Å². The highest BCUT2D eigenvalue weighted by molar-refractivity contribution is 6.04. The molecular weight excluding hydrogens is 319 g/mol. The largest absolute Gasteiger partial charge is 0.319 e. The molecule has 9 heteroatoms. The van der Waals surface area contributed by atoms with Gasteiger partial charge in [0.15, 0.2) is 40.7 Å². The lowest BCUT2D eigenvalue weighted by Crippen LogP contribution is -2.17.